The zero-order chi connectivity index (χ0) is 20.7. The molecule has 0 aliphatic heterocycles. The topological polar surface area (TPSA) is 87.1 Å². The molecular weight excluding hydrogens is 378 g/mol. The monoisotopic (exact) mass is 403 g/mol. The van der Waals surface area contributed by atoms with Crippen molar-refractivity contribution in [2.24, 2.45) is 5.41 Å². The van der Waals surface area contributed by atoms with Crippen LogP contribution in [-0.4, -0.2) is 46.9 Å². The molecule has 2 aromatic rings. The van der Waals surface area contributed by atoms with Gasteiger partial charge < -0.3 is 19.8 Å². The van der Waals surface area contributed by atoms with E-state index < -0.39 is 17.3 Å². The Kier molecular flexibility index (Phi) is 7.34. The highest BCUT2D eigenvalue weighted by atomic mass is 32.2. The maximum Gasteiger partial charge on any atom is 0.318 e. The van der Waals surface area contributed by atoms with Crippen molar-refractivity contribution in [3.05, 3.63) is 54.1 Å². The number of benzene rings is 2. The predicted molar refractivity (Wildman–Crippen MR) is 109 cm³/mol. The Bertz CT molecular complexity index is 824. The van der Waals surface area contributed by atoms with Crippen molar-refractivity contribution in [2.45, 2.75) is 24.8 Å². The molecule has 0 heterocycles. The number of aromatic hydroxyl groups is 1. The van der Waals surface area contributed by atoms with Crippen molar-refractivity contribution >= 4 is 23.6 Å². The number of rotatable bonds is 9. The third kappa shape index (κ3) is 5.19. The smallest absolute Gasteiger partial charge is 0.318 e. The van der Waals surface area contributed by atoms with Crippen molar-refractivity contribution in [1.29, 1.82) is 0 Å². The summed E-state index contributed by atoms with van der Waals surface area (Å²) >= 11 is 1.45. The Balaban J connectivity index is 2.06. The Hall–Kier alpha value is -2.67. The summed E-state index contributed by atoms with van der Waals surface area (Å²) in [6, 6.07) is 14.0. The maximum absolute atomic E-state index is 13.0. The average Bonchev–Trinajstić information content (AvgIpc) is 2.69. The summed E-state index contributed by atoms with van der Waals surface area (Å²) in [5, 5.41) is 19.1. The Morgan fingerprint density at radius 3 is 2.39 bits per heavy atom. The number of carbonyl (C=O) groups excluding carboxylic acids is 1. The number of ether oxygens (including phenoxy) is 1. The van der Waals surface area contributed by atoms with Crippen LogP contribution in [0.5, 0.6) is 11.5 Å². The summed E-state index contributed by atoms with van der Waals surface area (Å²) < 4.78 is 5.31. The van der Waals surface area contributed by atoms with Gasteiger partial charge in [-0.3, -0.25) is 9.59 Å². The van der Waals surface area contributed by atoms with Gasteiger partial charge in [0.2, 0.25) is 5.91 Å². The predicted octanol–water partition coefficient (Wildman–Crippen LogP) is 3.63. The number of carboxylic acids is 1. The molecule has 0 aromatic heterocycles. The largest absolute Gasteiger partial charge is 0.508 e. The van der Waals surface area contributed by atoms with Crippen molar-refractivity contribution in [1.82, 2.24) is 4.90 Å². The molecule has 0 saturated carbocycles. The molecule has 7 heteroatoms. The van der Waals surface area contributed by atoms with Gasteiger partial charge in [-0.05, 0) is 49.4 Å². The fraction of sp³-hybridized carbons (Fsp3) is 0.333. The van der Waals surface area contributed by atoms with Crippen LogP contribution in [-0.2, 0) is 16.1 Å². The third-order valence-corrected chi connectivity index (χ3v) is 5.61. The fourth-order valence-electron chi connectivity index (χ4n) is 2.80. The second kappa shape index (κ2) is 9.50. The SMILES string of the molecule is COc1ccccc1CN(C)C(=O)C(C)(CCSc1ccc(O)cc1)C(=O)O. The number of phenols is 1. The highest BCUT2D eigenvalue weighted by molar-refractivity contribution is 7.99. The molecule has 0 radical (unpaired) electrons. The molecule has 150 valence electrons. The molecule has 0 aliphatic rings. The van der Waals surface area contributed by atoms with E-state index in [0.717, 1.165) is 10.5 Å². The summed E-state index contributed by atoms with van der Waals surface area (Å²) in [6.45, 7) is 1.73. The summed E-state index contributed by atoms with van der Waals surface area (Å²) in [5.74, 6) is -0.301. The number of hydrogen-bond acceptors (Lipinski definition) is 5. The Morgan fingerprint density at radius 2 is 1.79 bits per heavy atom. The third-order valence-electron chi connectivity index (χ3n) is 4.60. The van der Waals surface area contributed by atoms with E-state index in [1.807, 2.05) is 18.2 Å². The van der Waals surface area contributed by atoms with Crippen LogP contribution in [0.2, 0.25) is 0 Å². The first kappa shape index (κ1) is 21.6. The van der Waals surface area contributed by atoms with E-state index in [0.29, 0.717) is 11.5 Å². The number of amides is 1. The minimum absolute atomic E-state index is 0.174. The lowest BCUT2D eigenvalue weighted by Crippen LogP contribution is -2.45. The summed E-state index contributed by atoms with van der Waals surface area (Å²) in [7, 11) is 3.16. The van der Waals surface area contributed by atoms with Gasteiger partial charge in [-0.25, -0.2) is 0 Å². The lowest BCUT2D eigenvalue weighted by Gasteiger charge is -2.29. The van der Waals surface area contributed by atoms with Gasteiger partial charge in [0, 0.05) is 24.1 Å². The van der Waals surface area contributed by atoms with E-state index in [9.17, 15) is 19.8 Å². The molecule has 0 spiro atoms. The van der Waals surface area contributed by atoms with Crippen LogP contribution in [0.3, 0.4) is 0 Å². The van der Waals surface area contributed by atoms with Crippen LogP contribution in [0, 0.1) is 5.41 Å². The molecule has 6 nitrogen and oxygen atoms in total. The van der Waals surface area contributed by atoms with Gasteiger partial charge in [0.1, 0.15) is 16.9 Å². The van der Waals surface area contributed by atoms with Crippen LogP contribution in [0.4, 0.5) is 0 Å². The van der Waals surface area contributed by atoms with Crippen LogP contribution in [0.1, 0.15) is 18.9 Å². The number of carbonyl (C=O) groups is 2. The number of para-hydroxylation sites is 1. The Morgan fingerprint density at radius 1 is 1.14 bits per heavy atom. The lowest BCUT2D eigenvalue weighted by atomic mass is 9.86. The second-order valence-electron chi connectivity index (χ2n) is 6.70. The first-order valence-electron chi connectivity index (χ1n) is 8.80. The molecule has 0 bridgehead atoms. The van der Waals surface area contributed by atoms with E-state index in [-0.39, 0.29) is 18.7 Å². The first-order chi connectivity index (χ1) is 13.3. The van der Waals surface area contributed by atoms with Gasteiger partial charge >= 0.3 is 5.97 Å². The van der Waals surface area contributed by atoms with Gasteiger partial charge in [-0.2, -0.15) is 0 Å². The second-order valence-corrected chi connectivity index (χ2v) is 7.87. The summed E-state index contributed by atoms with van der Waals surface area (Å²) in [4.78, 5) is 27.2. The number of carboxylic acid groups (broad SMARTS) is 1. The van der Waals surface area contributed by atoms with Gasteiger partial charge in [-0.15, -0.1) is 11.8 Å². The van der Waals surface area contributed by atoms with Crippen molar-refractivity contribution < 1.29 is 24.5 Å². The lowest BCUT2D eigenvalue weighted by molar-refractivity contribution is -0.159. The van der Waals surface area contributed by atoms with E-state index in [2.05, 4.69) is 0 Å². The molecule has 0 fully saturated rings. The fourth-order valence-corrected chi connectivity index (χ4v) is 3.88. The molecule has 2 aromatic carbocycles. The Labute approximate surface area is 169 Å². The molecule has 1 atom stereocenters. The number of thioether (sulfide) groups is 1. The van der Waals surface area contributed by atoms with E-state index in [1.54, 1.807) is 44.5 Å². The normalized spacial score (nSPS) is 12.8. The van der Waals surface area contributed by atoms with Crippen molar-refractivity contribution in [3.63, 3.8) is 0 Å². The zero-order valence-corrected chi connectivity index (χ0v) is 17.0. The average molecular weight is 404 g/mol. The highest BCUT2D eigenvalue weighted by Gasteiger charge is 2.42. The van der Waals surface area contributed by atoms with Crippen molar-refractivity contribution in [3.8, 4) is 11.5 Å². The molecule has 28 heavy (non-hydrogen) atoms. The van der Waals surface area contributed by atoms with Gasteiger partial charge in [0.25, 0.3) is 0 Å². The molecule has 1 amide bonds. The van der Waals surface area contributed by atoms with Crippen molar-refractivity contribution in [2.75, 3.05) is 19.9 Å². The minimum Gasteiger partial charge on any atom is -0.508 e. The van der Waals surface area contributed by atoms with Crippen LogP contribution in [0.15, 0.2) is 53.4 Å². The number of hydrogen-bond donors (Lipinski definition) is 2. The zero-order valence-electron chi connectivity index (χ0n) is 16.2. The van der Waals surface area contributed by atoms with E-state index >= 15 is 0 Å². The number of nitrogens with zero attached hydrogens (tertiary/aromatic N) is 1. The van der Waals surface area contributed by atoms with Gasteiger partial charge in [-0.1, -0.05) is 18.2 Å². The van der Waals surface area contributed by atoms with Crippen LogP contribution >= 0.6 is 11.8 Å². The summed E-state index contributed by atoms with van der Waals surface area (Å²) in [5.41, 5.74) is -0.715. The number of aliphatic carboxylic acids is 1. The van der Waals surface area contributed by atoms with Gasteiger partial charge in [0.15, 0.2) is 0 Å². The maximum atomic E-state index is 13.0. The first-order valence-corrected chi connectivity index (χ1v) is 9.79. The van der Waals surface area contributed by atoms with Crippen LogP contribution < -0.4 is 4.74 Å². The van der Waals surface area contributed by atoms with E-state index in [4.69, 9.17) is 4.74 Å². The standard InChI is InChI=1S/C21H25NO5S/c1-21(20(25)26,12-13-28-17-10-8-16(23)9-11-17)19(24)22(2)14-15-6-4-5-7-18(15)27-3/h4-11,23H,12-14H2,1-3H3,(H,25,26). The quantitative estimate of drug-likeness (QED) is 0.491. The minimum atomic E-state index is -1.53. The number of methoxy groups -OCH3 is 1. The molecule has 1 unspecified atom stereocenters. The highest BCUT2D eigenvalue weighted by Crippen LogP contribution is 2.31. The number of phenolic OH excluding ortho intramolecular Hbond substituents is 1. The molecular formula is C21H25NO5S. The molecule has 0 aliphatic carbocycles. The molecule has 2 N–H and O–H groups in total. The molecule has 0 saturated heterocycles. The summed E-state index contributed by atoms with van der Waals surface area (Å²) in [6.07, 6.45) is 0.184. The van der Waals surface area contributed by atoms with E-state index in [1.165, 1.54) is 23.6 Å². The van der Waals surface area contributed by atoms with Gasteiger partial charge in [0.05, 0.1) is 7.11 Å². The van der Waals surface area contributed by atoms with Crippen LogP contribution in [0.25, 0.3) is 0 Å². The molecule has 2 rings (SSSR count).